The van der Waals surface area contributed by atoms with E-state index in [0.29, 0.717) is 37.7 Å². The third kappa shape index (κ3) is 2.99. The summed E-state index contributed by atoms with van der Waals surface area (Å²) in [4.78, 5) is 28.9. The molecule has 3 rings (SSSR count). The van der Waals surface area contributed by atoms with Gasteiger partial charge in [0.2, 0.25) is 5.91 Å². The summed E-state index contributed by atoms with van der Waals surface area (Å²) in [5.74, 6) is 0.618. The van der Waals surface area contributed by atoms with Crippen LogP contribution in [0.25, 0.3) is 0 Å². The zero-order chi connectivity index (χ0) is 17.5. The summed E-state index contributed by atoms with van der Waals surface area (Å²) in [7, 11) is 0. The second-order valence-electron chi connectivity index (χ2n) is 7.70. The molecule has 0 radical (unpaired) electrons. The Labute approximate surface area is 143 Å². The topological polar surface area (TPSA) is 53.8 Å². The number of carbonyl (C=O) groups is 2. The highest BCUT2D eigenvalue weighted by molar-refractivity contribution is 5.94. The predicted molar refractivity (Wildman–Crippen MR) is 91.4 cm³/mol. The van der Waals surface area contributed by atoms with Crippen molar-refractivity contribution in [3.8, 4) is 0 Å². The molecule has 2 heterocycles. The van der Waals surface area contributed by atoms with E-state index in [0.717, 1.165) is 0 Å². The molecule has 5 nitrogen and oxygen atoms in total. The lowest BCUT2D eigenvalue weighted by atomic mass is 10.1. The second kappa shape index (κ2) is 6.11. The van der Waals surface area contributed by atoms with Crippen LogP contribution in [-0.2, 0) is 4.79 Å². The van der Waals surface area contributed by atoms with Gasteiger partial charge in [0.05, 0.1) is 17.7 Å². The fourth-order valence-corrected chi connectivity index (χ4v) is 3.71. The lowest BCUT2D eigenvalue weighted by molar-refractivity contribution is -0.135. The summed E-state index contributed by atoms with van der Waals surface area (Å²) >= 11 is 0. The van der Waals surface area contributed by atoms with Crippen LogP contribution in [0, 0.1) is 17.3 Å². The van der Waals surface area contributed by atoms with E-state index in [1.54, 1.807) is 11.0 Å². The highest BCUT2D eigenvalue weighted by atomic mass is 16.3. The Morgan fingerprint density at radius 3 is 2.33 bits per heavy atom. The van der Waals surface area contributed by atoms with Gasteiger partial charge in [-0.05, 0) is 31.2 Å². The monoisotopic (exact) mass is 330 g/mol. The van der Waals surface area contributed by atoms with Crippen molar-refractivity contribution >= 4 is 11.8 Å². The van der Waals surface area contributed by atoms with Gasteiger partial charge in [-0.2, -0.15) is 0 Å². The first-order valence-electron chi connectivity index (χ1n) is 8.57. The Balaban J connectivity index is 1.58. The van der Waals surface area contributed by atoms with Crippen molar-refractivity contribution in [3.05, 3.63) is 35.8 Å². The third-order valence-electron chi connectivity index (χ3n) is 5.34. The Morgan fingerprint density at radius 2 is 1.79 bits per heavy atom. The molecule has 24 heavy (non-hydrogen) atoms. The van der Waals surface area contributed by atoms with Crippen molar-refractivity contribution in [2.24, 2.45) is 17.3 Å². The fraction of sp³-hybridized carbons (Fsp3) is 0.579. The number of nitrogens with zero attached hydrogens (tertiary/aromatic N) is 2. The molecule has 1 saturated carbocycles. The second-order valence-corrected chi connectivity index (χ2v) is 7.70. The van der Waals surface area contributed by atoms with Crippen LogP contribution in [0.1, 0.15) is 38.1 Å². The number of allylic oxidation sites excluding steroid dienone is 2. The predicted octanol–water partition coefficient (Wildman–Crippen LogP) is 2.80. The highest BCUT2D eigenvalue weighted by Crippen LogP contribution is 2.60. The van der Waals surface area contributed by atoms with Crippen LogP contribution in [0.15, 0.2) is 34.7 Å². The molecule has 0 bridgehead atoms. The first-order chi connectivity index (χ1) is 11.3. The minimum absolute atomic E-state index is 0.0231. The van der Waals surface area contributed by atoms with E-state index < -0.39 is 0 Å². The minimum Gasteiger partial charge on any atom is -0.472 e. The number of furan rings is 1. The van der Waals surface area contributed by atoms with Crippen molar-refractivity contribution in [3.63, 3.8) is 0 Å². The normalized spacial score (nSPS) is 25.3. The average molecular weight is 330 g/mol. The van der Waals surface area contributed by atoms with Gasteiger partial charge in [-0.3, -0.25) is 9.59 Å². The van der Waals surface area contributed by atoms with Gasteiger partial charge in [-0.25, -0.2) is 0 Å². The molecule has 2 atom stereocenters. The quantitative estimate of drug-likeness (QED) is 0.801. The zero-order valence-electron chi connectivity index (χ0n) is 14.9. The average Bonchev–Trinajstić information content (AvgIpc) is 2.94. The van der Waals surface area contributed by atoms with E-state index >= 15 is 0 Å². The molecule has 1 aliphatic carbocycles. The molecule has 2 fully saturated rings. The molecule has 1 saturated heterocycles. The van der Waals surface area contributed by atoms with Crippen LogP contribution in [0.3, 0.4) is 0 Å². The fourth-order valence-electron chi connectivity index (χ4n) is 3.71. The third-order valence-corrected chi connectivity index (χ3v) is 5.34. The van der Waals surface area contributed by atoms with Crippen molar-refractivity contribution in [1.29, 1.82) is 0 Å². The molecular weight excluding hydrogens is 304 g/mol. The maximum atomic E-state index is 12.9. The standard InChI is InChI=1S/C19H26N2O3/c1-13(2)11-15-16(19(15,3)4)18(23)21-8-6-20(7-9-21)17(22)14-5-10-24-12-14/h5,10-12,15-16H,6-9H2,1-4H3. The van der Waals surface area contributed by atoms with E-state index in [2.05, 4.69) is 33.8 Å². The molecule has 2 aliphatic rings. The molecule has 0 aromatic carbocycles. The van der Waals surface area contributed by atoms with Gasteiger partial charge < -0.3 is 14.2 Å². The number of rotatable bonds is 3. The molecule has 5 heteroatoms. The molecule has 1 aromatic heterocycles. The van der Waals surface area contributed by atoms with Crippen molar-refractivity contribution in [2.75, 3.05) is 26.2 Å². The van der Waals surface area contributed by atoms with Crippen LogP contribution in [0.4, 0.5) is 0 Å². The molecule has 0 spiro atoms. The van der Waals surface area contributed by atoms with E-state index in [-0.39, 0.29) is 23.1 Å². The number of piperazine rings is 1. The van der Waals surface area contributed by atoms with Crippen LogP contribution in [-0.4, -0.2) is 47.8 Å². The van der Waals surface area contributed by atoms with E-state index in [9.17, 15) is 9.59 Å². The van der Waals surface area contributed by atoms with Gasteiger partial charge in [-0.1, -0.05) is 25.5 Å². The molecule has 0 N–H and O–H groups in total. The number of hydrogen-bond donors (Lipinski definition) is 0. The number of amides is 2. The maximum absolute atomic E-state index is 12.9. The largest absolute Gasteiger partial charge is 0.472 e. The first-order valence-corrected chi connectivity index (χ1v) is 8.57. The zero-order valence-corrected chi connectivity index (χ0v) is 14.9. The number of hydrogen-bond acceptors (Lipinski definition) is 3. The highest BCUT2D eigenvalue weighted by Gasteiger charge is 2.61. The van der Waals surface area contributed by atoms with Gasteiger partial charge in [0.1, 0.15) is 6.26 Å². The summed E-state index contributed by atoms with van der Waals surface area (Å²) in [6.07, 6.45) is 5.20. The summed E-state index contributed by atoms with van der Waals surface area (Å²) < 4.78 is 4.97. The van der Waals surface area contributed by atoms with Crippen LogP contribution in [0.5, 0.6) is 0 Å². The van der Waals surface area contributed by atoms with Crippen LogP contribution in [0.2, 0.25) is 0 Å². The van der Waals surface area contributed by atoms with Crippen LogP contribution < -0.4 is 0 Å². The van der Waals surface area contributed by atoms with Crippen molar-refractivity contribution in [2.45, 2.75) is 27.7 Å². The summed E-state index contributed by atoms with van der Waals surface area (Å²) in [5, 5.41) is 0. The van der Waals surface area contributed by atoms with E-state index in [1.807, 2.05) is 4.90 Å². The molecule has 130 valence electrons. The van der Waals surface area contributed by atoms with Gasteiger partial charge in [0.15, 0.2) is 0 Å². The van der Waals surface area contributed by atoms with E-state index in [1.165, 1.54) is 18.1 Å². The summed E-state index contributed by atoms with van der Waals surface area (Å²) in [5.41, 5.74) is 1.87. The smallest absolute Gasteiger partial charge is 0.257 e. The number of carbonyl (C=O) groups excluding carboxylic acids is 2. The van der Waals surface area contributed by atoms with Gasteiger partial charge in [-0.15, -0.1) is 0 Å². The van der Waals surface area contributed by atoms with Crippen molar-refractivity contribution < 1.29 is 14.0 Å². The Hall–Kier alpha value is -2.04. The van der Waals surface area contributed by atoms with Crippen LogP contribution >= 0.6 is 0 Å². The Bertz CT molecular complexity index is 648. The lowest BCUT2D eigenvalue weighted by Gasteiger charge is -2.35. The molecule has 2 unspecified atom stereocenters. The molecular formula is C19H26N2O3. The molecule has 1 aromatic rings. The van der Waals surface area contributed by atoms with Crippen molar-refractivity contribution in [1.82, 2.24) is 9.80 Å². The van der Waals surface area contributed by atoms with E-state index in [4.69, 9.17) is 4.42 Å². The van der Waals surface area contributed by atoms with Gasteiger partial charge in [0, 0.05) is 26.2 Å². The van der Waals surface area contributed by atoms with Gasteiger partial charge >= 0.3 is 0 Å². The SMILES string of the molecule is CC(C)=CC1C(C(=O)N2CCN(C(=O)c3ccoc3)CC2)C1(C)C. The molecule has 2 amide bonds. The minimum atomic E-state index is -0.0231. The lowest BCUT2D eigenvalue weighted by Crippen LogP contribution is -2.51. The maximum Gasteiger partial charge on any atom is 0.257 e. The summed E-state index contributed by atoms with van der Waals surface area (Å²) in [6.45, 7) is 10.9. The Kier molecular flexibility index (Phi) is 4.28. The van der Waals surface area contributed by atoms with Gasteiger partial charge in [0.25, 0.3) is 5.91 Å². The summed E-state index contributed by atoms with van der Waals surface area (Å²) in [6, 6.07) is 1.68. The first kappa shape index (κ1) is 16.8. The Morgan fingerprint density at radius 1 is 1.17 bits per heavy atom. The molecule has 1 aliphatic heterocycles.